The van der Waals surface area contributed by atoms with Crippen LogP contribution in [0.15, 0.2) is 30.3 Å². The van der Waals surface area contributed by atoms with Gasteiger partial charge in [0.15, 0.2) is 0 Å². The predicted molar refractivity (Wildman–Crippen MR) is 76.6 cm³/mol. The van der Waals surface area contributed by atoms with Crippen LogP contribution in [-0.4, -0.2) is 4.98 Å². The van der Waals surface area contributed by atoms with E-state index in [0.717, 1.165) is 17.1 Å². The molecular formula is C15H18N2S. The number of aryl methyl sites for hydroxylation is 1. The number of rotatable bonds is 4. The molecule has 0 aliphatic heterocycles. The molecule has 3 heteroatoms. The predicted octanol–water partition coefficient (Wildman–Crippen LogP) is 3.78. The number of hydrogen-bond acceptors (Lipinski definition) is 3. The largest absolute Gasteiger partial charge is 0.322 e. The Hall–Kier alpha value is -1.19. The lowest BCUT2D eigenvalue weighted by molar-refractivity contribution is 0.629. The van der Waals surface area contributed by atoms with E-state index in [9.17, 15) is 0 Å². The van der Waals surface area contributed by atoms with Gasteiger partial charge in [-0.25, -0.2) is 4.98 Å². The molecule has 1 fully saturated rings. The molecule has 2 nitrogen and oxygen atoms in total. The number of thiazole rings is 1. The topological polar surface area (TPSA) is 38.9 Å². The van der Waals surface area contributed by atoms with Gasteiger partial charge in [-0.3, -0.25) is 0 Å². The van der Waals surface area contributed by atoms with Crippen molar-refractivity contribution < 1.29 is 0 Å². The van der Waals surface area contributed by atoms with Crippen molar-refractivity contribution in [1.82, 2.24) is 4.98 Å². The first-order valence-electron chi connectivity index (χ1n) is 6.60. The molecule has 0 spiro atoms. The van der Waals surface area contributed by atoms with Gasteiger partial charge in [0.05, 0.1) is 11.7 Å². The van der Waals surface area contributed by atoms with Crippen LogP contribution in [0.2, 0.25) is 0 Å². The second kappa shape index (κ2) is 4.82. The molecule has 1 aromatic heterocycles. The quantitative estimate of drug-likeness (QED) is 0.906. The number of aromatic nitrogens is 1. The van der Waals surface area contributed by atoms with Gasteiger partial charge in [0, 0.05) is 10.4 Å². The highest BCUT2D eigenvalue weighted by Gasteiger charge is 2.32. The lowest BCUT2D eigenvalue weighted by Crippen LogP contribution is -2.11. The average molecular weight is 258 g/mol. The molecule has 1 aromatic carbocycles. The summed E-state index contributed by atoms with van der Waals surface area (Å²) in [5, 5.41) is 1.12. The Morgan fingerprint density at radius 3 is 2.67 bits per heavy atom. The van der Waals surface area contributed by atoms with Crippen molar-refractivity contribution in [1.29, 1.82) is 0 Å². The Bertz CT molecular complexity index is 529. The van der Waals surface area contributed by atoms with Crippen LogP contribution in [-0.2, 0) is 6.42 Å². The van der Waals surface area contributed by atoms with Crippen LogP contribution >= 0.6 is 11.3 Å². The van der Waals surface area contributed by atoms with Crippen LogP contribution in [0.25, 0.3) is 11.3 Å². The van der Waals surface area contributed by atoms with E-state index in [2.05, 4.69) is 31.2 Å². The van der Waals surface area contributed by atoms with Gasteiger partial charge in [-0.2, -0.15) is 0 Å². The highest BCUT2D eigenvalue weighted by molar-refractivity contribution is 7.12. The molecule has 2 N–H and O–H groups in total. The van der Waals surface area contributed by atoms with Crippen LogP contribution in [0.1, 0.15) is 35.7 Å². The molecule has 1 aliphatic rings. The minimum absolute atomic E-state index is 0.151. The maximum absolute atomic E-state index is 6.26. The van der Waals surface area contributed by atoms with Crippen molar-refractivity contribution in [3.63, 3.8) is 0 Å². The fraction of sp³-hybridized carbons (Fsp3) is 0.400. The summed E-state index contributed by atoms with van der Waals surface area (Å²) in [4.78, 5) is 6.16. The first-order valence-corrected chi connectivity index (χ1v) is 7.42. The van der Waals surface area contributed by atoms with E-state index in [1.54, 1.807) is 11.3 Å². The number of nitrogens with two attached hydrogens (primary N) is 1. The molecule has 1 saturated carbocycles. The van der Waals surface area contributed by atoms with Gasteiger partial charge in [-0.05, 0) is 25.2 Å². The van der Waals surface area contributed by atoms with Gasteiger partial charge in [-0.15, -0.1) is 11.3 Å². The third-order valence-corrected chi connectivity index (χ3v) is 4.80. The smallest absolute Gasteiger partial charge is 0.111 e. The zero-order valence-corrected chi connectivity index (χ0v) is 11.4. The molecule has 0 saturated heterocycles. The maximum atomic E-state index is 6.26. The molecule has 18 heavy (non-hydrogen) atoms. The molecular weight excluding hydrogens is 240 g/mol. The monoisotopic (exact) mass is 258 g/mol. The first-order chi connectivity index (χ1) is 8.79. The minimum Gasteiger partial charge on any atom is -0.322 e. The summed E-state index contributed by atoms with van der Waals surface area (Å²) in [6, 6.07) is 10.6. The normalized spacial score (nSPS) is 16.8. The van der Waals surface area contributed by atoms with E-state index in [1.165, 1.54) is 23.3 Å². The molecule has 1 heterocycles. The van der Waals surface area contributed by atoms with Gasteiger partial charge >= 0.3 is 0 Å². The summed E-state index contributed by atoms with van der Waals surface area (Å²) >= 11 is 1.79. The first kappa shape index (κ1) is 11.9. The van der Waals surface area contributed by atoms with Crippen LogP contribution in [0.3, 0.4) is 0 Å². The molecule has 0 amide bonds. The molecule has 94 valence electrons. The standard InChI is InChI=1S/C15H18N2S/c1-2-12-14(11-6-4-3-5-7-11)17-15(18-12)13(16)10-8-9-10/h3-7,10,13H,2,8-9,16H2,1H3. The van der Waals surface area contributed by atoms with Gasteiger partial charge in [0.1, 0.15) is 5.01 Å². The van der Waals surface area contributed by atoms with Crippen molar-refractivity contribution in [3.8, 4) is 11.3 Å². The minimum atomic E-state index is 0.151. The molecule has 0 radical (unpaired) electrons. The van der Waals surface area contributed by atoms with Crippen LogP contribution in [0.4, 0.5) is 0 Å². The summed E-state index contributed by atoms with van der Waals surface area (Å²) in [6.45, 7) is 2.19. The van der Waals surface area contributed by atoms with E-state index in [-0.39, 0.29) is 6.04 Å². The third kappa shape index (κ3) is 2.20. The zero-order valence-electron chi connectivity index (χ0n) is 10.6. The number of hydrogen-bond donors (Lipinski definition) is 1. The molecule has 1 aliphatic carbocycles. The van der Waals surface area contributed by atoms with E-state index >= 15 is 0 Å². The van der Waals surface area contributed by atoms with Crippen molar-refractivity contribution in [2.75, 3.05) is 0 Å². The maximum Gasteiger partial charge on any atom is 0.111 e. The summed E-state index contributed by atoms with van der Waals surface area (Å²) < 4.78 is 0. The Labute approximate surface area is 112 Å². The molecule has 0 bridgehead atoms. The molecule has 1 unspecified atom stereocenters. The third-order valence-electron chi connectivity index (χ3n) is 3.50. The van der Waals surface area contributed by atoms with E-state index < -0.39 is 0 Å². The summed E-state index contributed by atoms with van der Waals surface area (Å²) in [5.74, 6) is 0.671. The van der Waals surface area contributed by atoms with Crippen LogP contribution in [0, 0.1) is 5.92 Å². The molecule has 2 aromatic rings. The van der Waals surface area contributed by atoms with E-state index in [1.807, 2.05) is 6.07 Å². The summed E-state index contributed by atoms with van der Waals surface area (Å²) in [5.41, 5.74) is 8.60. The molecule has 1 atom stereocenters. The van der Waals surface area contributed by atoms with E-state index in [4.69, 9.17) is 10.7 Å². The highest BCUT2D eigenvalue weighted by Crippen LogP contribution is 2.42. The van der Waals surface area contributed by atoms with Gasteiger partial charge in [0.2, 0.25) is 0 Å². The van der Waals surface area contributed by atoms with Gasteiger partial charge in [0.25, 0.3) is 0 Å². The van der Waals surface area contributed by atoms with Crippen molar-refractivity contribution in [2.24, 2.45) is 11.7 Å². The lowest BCUT2D eigenvalue weighted by Gasteiger charge is -2.04. The average Bonchev–Trinajstić information content (AvgIpc) is 3.17. The Morgan fingerprint density at radius 1 is 1.33 bits per heavy atom. The van der Waals surface area contributed by atoms with Gasteiger partial charge < -0.3 is 5.73 Å². The summed E-state index contributed by atoms with van der Waals surface area (Å²) in [7, 11) is 0. The zero-order chi connectivity index (χ0) is 12.5. The Morgan fingerprint density at radius 2 is 2.06 bits per heavy atom. The van der Waals surface area contributed by atoms with Crippen molar-refractivity contribution in [3.05, 3.63) is 40.2 Å². The number of nitrogens with zero attached hydrogens (tertiary/aromatic N) is 1. The SMILES string of the molecule is CCc1sc(C(N)C2CC2)nc1-c1ccccc1. The van der Waals surface area contributed by atoms with Crippen molar-refractivity contribution >= 4 is 11.3 Å². The number of benzene rings is 1. The summed E-state index contributed by atoms with van der Waals surface area (Å²) in [6.07, 6.45) is 3.56. The van der Waals surface area contributed by atoms with Crippen LogP contribution in [0.5, 0.6) is 0 Å². The fourth-order valence-electron chi connectivity index (χ4n) is 2.23. The highest BCUT2D eigenvalue weighted by atomic mass is 32.1. The fourth-order valence-corrected chi connectivity index (χ4v) is 3.35. The molecule has 3 rings (SSSR count). The Kier molecular flexibility index (Phi) is 3.18. The van der Waals surface area contributed by atoms with Crippen LogP contribution < -0.4 is 5.73 Å². The second-order valence-corrected chi connectivity index (χ2v) is 6.02. The van der Waals surface area contributed by atoms with Crippen molar-refractivity contribution in [2.45, 2.75) is 32.2 Å². The van der Waals surface area contributed by atoms with Gasteiger partial charge in [-0.1, -0.05) is 37.3 Å². The van der Waals surface area contributed by atoms with E-state index in [0.29, 0.717) is 5.92 Å². The Balaban J connectivity index is 1.98. The second-order valence-electron chi connectivity index (χ2n) is 4.91. The lowest BCUT2D eigenvalue weighted by atomic mass is 10.1.